The molecular formula is C20H15BrFN3O. The van der Waals surface area contributed by atoms with Crippen LogP contribution in [0.1, 0.15) is 27.7 Å². The van der Waals surface area contributed by atoms with Crippen LogP contribution < -0.4 is 10.2 Å². The number of aromatic nitrogens is 1. The van der Waals surface area contributed by atoms with E-state index >= 15 is 0 Å². The van der Waals surface area contributed by atoms with Crippen molar-refractivity contribution in [3.63, 3.8) is 0 Å². The lowest BCUT2D eigenvalue weighted by molar-refractivity contribution is 0.0992. The van der Waals surface area contributed by atoms with E-state index in [2.05, 4.69) is 26.2 Å². The van der Waals surface area contributed by atoms with Crippen LogP contribution in [0.3, 0.4) is 0 Å². The first-order valence-electron chi connectivity index (χ1n) is 8.11. The van der Waals surface area contributed by atoms with E-state index < -0.39 is 12.0 Å². The number of halogens is 2. The Balaban J connectivity index is 1.79. The van der Waals surface area contributed by atoms with E-state index in [-0.39, 0.29) is 5.91 Å². The lowest BCUT2D eigenvalue weighted by Gasteiger charge is -2.26. The molecule has 0 unspecified atom stereocenters. The van der Waals surface area contributed by atoms with Crippen molar-refractivity contribution in [2.45, 2.75) is 13.1 Å². The van der Waals surface area contributed by atoms with Crippen LogP contribution in [0.2, 0.25) is 0 Å². The number of hydrogen-bond donors (Lipinski definition) is 1. The van der Waals surface area contributed by atoms with Gasteiger partial charge >= 0.3 is 0 Å². The van der Waals surface area contributed by atoms with Crippen molar-refractivity contribution >= 4 is 33.3 Å². The number of hydrogen-bond acceptors (Lipinski definition) is 3. The van der Waals surface area contributed by atoms with Gasteiger partial charge in [-0.3, -0.25) is 9.69 Å². The minimum Gasteiger partial charge on any atom is -0.359 e. The molecule has 6 heteroatoms. The summed E-state index contributed by atoms with van der Waals surface area (Å²) in [5.41, 5.74) is 2.70. The summed E-state index contributed by atoms with van der Waals surface area (Å²) in [5.74, 6) is -0.0354. The molecule has 1 amide bonds. The molecule has 1 aliphatic heterocycles. The number of benzene rings is 2. The SMILES string of the molecule is Cc1ccc(N2C(=O)c3ccccc3[C@@H]2Nc2ccc(Br)cc2F)nc1. The Labute approximate surface area is 158 Å². The Kier molecular flexibility index (Phi) is 4.20. The van der Waals surface area contributed by atoms with Gasteiger partial charge in [-0.1, -0.05) is 40.2 Å². The Morgan fingerprint density at radius 3 is 2.69 bits per heavy atom. The summed E-state index contributed by atoms with van der Waals surface area (Å²) in [6.07, 6.45) is 1.17. The van der Waals surface area contributed by atoms with Crippen LogP contribution in [0.4, 0.5) is 15.9 Å². The summed E-state index contributed by atoms with van der Waals surface area (Å²) >= 11 is 3.26. The normalized spacial score (nSPS) is 15.9. The third-order valence-electron chi connectivity index (χ3n) is 4.33. The van der Waals surface area contributed by atoms with Gasteiger partial charge in [0.05, 0.1) is 5.69 Å². The molecule has 1 atom stereocenters. The molecule has 0 fully saturated rings. The van der Waals surface area contributed by atoms with Gasteiger partial charge in [0.15, 0.2) is 0 Å². The molecule has 26 heavy (non-hydrogen) atoms. The number of nitrogens with zero attached hydrogens (tertiary/aromatic N) is 2. The number of amides is 1. The van der Waals surface area contributed by atoms with E-state index in [0.29, 0.717) is 21.5 Å². The molecule has 4 nitrogen and oxygen atoms in total. The minimum atomic E-state index is -0.537. The Morgan fingerprint density at radius 2 is 1.96 bits per heavy atom. The van der Waals surface area contributed by atoms with Crippen LogP contribution >= 0.6 is 15.9 Å². The molecule has 1 N–H and O–H groups in total. The number of aryl methyl sites for hydroxylation is 1. The van der Waals surface area contributed by atoms with E-state index in [1.54, 1.807) is 35.4 Å². The van der Waals surface area contributed by atoms with Crippen molar-refractivity contribution in [3.8, 4) is 0 Å². The molecule has 0 bridgehead atoms. The topological polar surface area (TPSA) is 45.2 Å². The van der Waals surface area contributed by atoms with Gasteiger partial charge in [0.2, 0.25) is 0 Å². The van der Waals surface area contributed by atoms with Crippen molar-refractivity contribution < 1.29 is 9.18 Å². The number of rotatable bonds is 3. The molecule has 0 spiro atoms. The van der Waals surface area contributed by atoms with Gasteiger partial charge in [-0.05, 0) is 42.8 Å². The van der Waals surface area contributed by atoms with Crippen molar-refractivity contribution in [1.29, 1.82) is 0 Å². The summed E-state index contributed by atoms with van der Waals surface area (Å²) in [7, 11) is 0. The standard InChI is InChI=1S/C20H15BrFN3O/c1-12-6-9-18(23-11-12)25-19(14-4-2-3-5-15(14)20(25)26)24-17-8-7-13(21)10-16(17)22/h2-11,19,24H,1H3/t19-/m1/s1. The van der Waals surface area contributed by atoms with Crippen LogP contribution in [0.15, 0.2) is 65.3 Å². The average Bonchev–Trinajstić information content (AvgIpc) is 2.91. The minimum absolute atomic E-state index is 0.160. The average molecular weight is 412 g/mol. The van der Waals surface area contributed by atoms with Gasteiger partial charge in [-0.2, -0.15) is 0 Å². The first-order valence-corrected chi connectivity index (χ1v) is 8.90. The zero-order valence-corrected chi connectivity index (χ0v) is 15.5. The number of nitrogens with one attached hydrogen (secondary N) is 1. The highest BCUT2D eigenvalue weighted by molar-refractivity contribution is 9.10. The lowest BCUT2D eigenvalue weighted by atomic mass is 10.1. The number of fused-ring (bicyclic) bond motifs is 1. The maximum Gasteiger partial charge on any atom is 0.261 e. The van der Waals surface area contributed by atoms with E-state index in [4.69, 9.17) is 0 Å². The van der Waals surface area contributed by atoms with Gasteiger partial charge in [-0.15, -0.1) is 0 Å². The monoisotopic (exact) mass is 411 g/mol. The van der Waals surface area contributed by atoms with Crippen LogP contribution in [-0.2, 0) is 0 Å². The third kappa shape index (κ3) is 2.86. The van der Waals surface area contributed by atoms with Crippen molar-refractivity contribution in [1.82, 2.24) is 4.98 Å². The second-order valence-electron chi connectivity index (χ2n) is 6.13. The summed E-state index contributed by atoms with van der Waals surface area (Å²) < 4.78 is 15.0. The Bertz CT molecular complexity index is 991. The smallest absolute Gasteiger partial charge is 0.261 e. The molecular weight excluding hydrogens is 397 g/mol. The Morgan fingerprint density at radius 1 is 1.15 bits per heavy atom. The first kappa shape index (κ1) is 16.7. The molecule has 4 rings (SSSR count). The molecule has 2 aromatic carbocycles. The van der Waals surface area contributed by atoms with Crippen molar-refractivity contribution in [2.24, 2.45) is 0 Å². The predicted molar refractivity (Wildman–Crippen MR) is 103 cm³/mol. The van der Waals surface area contributed by atoms with Crippen LogP contribution in [0.25, 0.3) is 0 Å². The molecule has 0 aliphatic carbocycles. The van der Waals surface area contributed by atoms with Crippen molar-refractivity contribution in [3.05, 3.63) is 87.8 Å². The summed E-state index contributed by atoms with van der Waals surface area (Å²) in [6.45, 7) is 1.93. The fourth-order valence-electron chi connectivity index (χ4n) is 3.05. The largest absolute Gasteiger partial charge is 0.359 e. The van der Waals surface area contributed by atoms with Gasteiger partial charge in [0.1, 0.15) is 17.8 Å². The lowest BCUT2D eigenvalue weighted by Crippen LogP contribution is -2.33. The number of anilines is 2. The molecule has 1 aromatic heterocycles. The van der Waals surface area contributed by atoms with Gasteiger partial charge < -0.3 is 5.32 Å². The zero-order chi connectivity index (χ0) is 18.3. The number of pyridine rings is 1. The molecule has 0 saturated carbocycles. The molecule has 0 radical (unpaired) electrons. The predicted octanol–water partition coefficient (Wildman–Crippen LogP) is 5.06. The summed E-state index contributed by atoms with van der Waals surface area (Å²) in [6, 6.07) is 15.8. The fourth-order valence-corrected chi connectivity index (χ4v) is 3.38. The summed E-state index contributed by atoms with van der Waals surface area (Å²) in [5, 5.41) is 3.16. The van der Waals surface area contributed by atoms with E-state index in [1.165, 1.54) is 6.07 Å². The second-order valence-corrected chi connectivity index (χ2v) is 7.04. The van der Waals surface area contributed by atoms with Crippen LogP contribution in [-0.4, -0.2) is 10.9 Å². The molecule has 3 aromatic rings. The van der Waals surface area contributed by atoms with Gasteiger partial charge in [0.25, 0.3) is 5.91 Å². The van der Waals surface area contributed by atoms with Gasteiger partial charge in [-0.25, -0.2) is 9.37 Å². The number of carbonyl (C=O) groups is 1. The van der Waals surface area contributed by atoms with Crippen LogP contribution in [0.5, 0.6) is 0 Å². The number of carbonyl (C=O) groups excluding carboxylic acids is 1. The first-order chi connectivity index (χ1) is 12.5. The summed E-state index contributed by atoms with van der Waals surface area (Å²) in [4.78, 5) is 18.9. The highest BCUT2D eigenvalue weighted by Crippen LogP contribution is 2.37. The fraction of sp³-hybridized carbons (Fsp3) is 0.100. The molecule has 1 aliphatic rings. The highest BCUT2D eigenvalue weighted by atomic mass is 79.9. The highest BCUT2D eigenvalue weighted by Gasteiger charge is 2.38. The molecule has 2 heterocycles. The molecule has 0 saturated heterocycles. The molecule has 130 valence electrons. The zero-order valence-electron chi connectivity index (χ0n) is 13.9. The maximum absolute atomic E-state index is 14.3. The second kappa shape index (κ2) is 6.53. The third-order valence-corrected chi connectivity index (χ3v) is 4.82. The maximum atomic E-state index is 14.3. The van der Waals surface area contributed by atoms with Gasteiger partial charge in [0, 0.05) is 21.8 Å². The van der Waals surface area contributed by atoms with E-state index in [9.17, 15) is 9.18 Å². The van der Waals surface area contributed by atoms with Crippen molar-refractivity contribution in [2.75, 3.05) is 10.2 Å². The Hall–Kier alpha value is -2.73. The van der Waals surface area contributed by atoms with Crippen LogP contribution in [0, 0.1) is 12.7 Å². The van der Waals surface area contributed by atoms with E-state index in [0.717, 1.165) is 11.1 Å². The van der Waals surface area contributed by atoms with E-state index in [1.807, 2.05) is 31.2 Å². The quantitative estimate of drug-likeness (QED) is 0.654.